The number of aliphatic hydroxyl groups excluding tert-OH is 1. The highest BCUT2D eigenvalue weighted by molar-refractivity contribution is 5.74. The molecule has 0 radical (unpaired) electrons. The fourth-order valence-electron chi connectivity index (χ4n) is 2.07. The molecule has 0 spiro atoms. The van der Waals surface area contributed by atoms with Crippen LogP contribution in [0.25, 0.3) is 0 Å². The van der Waals surface area contributed by atoms with Crippen molar-refractivity contribution in [2.24, 2.45) is 0 Å². The van der Waals surface area contributed by atoms with Crippen LogP contribution >= 0.6 is 0 Å². The van der Waals surface area contributed by atoms with Crippen molar-refractivity contribution in [2.45, 2.75) is 50.9 Å². The average Bonchev–Trinajstić information content (AvgIpc) is 2.20. The Morgan fingerprint density at radius 3 is 2.41 bits per heavy atom. The Morgan fingerprint density at radius 2 is 1.94 bits per heavy atom. The van der Waals surface area contributed by atoms with Gasteiger partial charge in [-0.1, -0.05) is 0 Å². The molecule has 0 aliphatic heterocycles. The third kappa shape index (κ3) is 3.26. The van der Waals surface area contributed by atoms with E-state index in [2.05, 4.69) is 0 Å². The molecule has 1 aliphatic rings. The van der Waals surface area contributed by atoms with Gasteiger partial charge in [0.05, 0.1) is 6.10 Å². The molecule has 0 saturated heterocycles. The van der Waals surface area contributed by atoms with Crippen LogP contribution in [0.1, 0.15) is 33.1 Å². The van der Waals surface area contributed by atoms with Crippen molar-refractivity contribution < 1.29 is 29.0 Å². The molecule has 0 heterocycles. The topological polar surface area (TPSA) is 89.9 Å². The molecule has 0 bridgehead atoms. The fraction of sp³-hybridized carbons (Fsp3) is 0.727. The molecular weight excluding hydrogens is 228 g/mol. The van der Waals surface area contributed by atoms with Gasteiger partial charge < -0.3 is 14.6 Å². The molecule has 1 saturated carbocycles. The molecule has 1 rings (SSSR count). The summed E-state index contributed by atoms with van der Waals surface area (Å²) in [5.74, 6) is -1.20. The number of hydrogen-bond acceptors (Lipinski definition) is 6. The molecular formula is C11H16O6. The van der Waals surface area contributed by atoms with E-state index in [4.69, 9.17) is 9.47 Å². The van der Waals surface area contributed by atoms with E-state index in [1.165, 1.54) is 6.92 Å². The Morgan fingerprint density at radius 1 is 1.29 bits per heavy atom. The van der Waals surface area contributed by atoms with Crippen molar-refractivity contribution in [3.63, 3.8) is 0 Å². The zero-order valence-electron chi connectivity index (χ0n) is 9.84. The predicted octanol–water partition coefficient (Wildman–Crippen LogP) is -0.0363. The smallest absolute Gasteiger partial charge is 0.303 e. The van der Waals surface area contributed by atoms with Crippen LogP contribution in [-0.4, -0.2) is 41.1 Å². The number of esters is 2. The second-order valence-electron chi connectivity index (χ2n) is 4.20. The molecule has 0 aromatic carbocycles. The van der Waals surface area contributed by atoms with Gasteiger partial charge in [-0.2, -0.15) is 0 Å². The largest absolute Gasteiger partial charge is 0.458 e. The number of aliphatic hydroxyl groups is 1. The number of aldehydes is 1. The van der Waals surface area contributed by atoms with E-state index < -0.39 is 29.7 Å². The fourth-order valence-corrected chi connectivity index (χ4v) is 2.07. The van der Waals surface area contributed by atoms with Gasteiger partial charge in [0, 0.05) is 20.3 Å². The number of rotatable bonds is 3. The van der Waals surface area contributed by atoms with Gasteiger partial charge in [0.1, 0.15) is 6.10 Å². The maximum atomic E-state index is 11.2. The number of ether oxygens (including phenoxy) is 2. The standard InChI is InChI=1S/C11H16O6/c1-7(13)16-10-4-3-9(15)5-11(10,6-12)17-8(2)14/h6,9-10,15H,3-5H2,1-2H3. The maximum absolute atomic E-state index is 11.2. The monoisotopic (exact) mass is 244 g/mol. The molecule has 1 fully saturated rings. The molecule has 0 aromatic rings. The minimum atomic E-state index is -1.56. The quantitative estimate of drug-likeness (QED) is 0.553. The Kier molecular flexibility index (Phi) is 4.22. The highest BCUT2D eigenvalue weighted by atomic mass is 16.6. The molecule has 1 N–H and O–H groups in total. The van der Waals surface area contributed by atoms with Crippen molar-refractivity contribution in [1.29, 1.82) is 0 Å². The Bertz CT molecular complexity index is 326. The summed E-state index contributed by atoms with van der Waals surface area (Å²) in [5, 5.41) is 9.55. The van der Waals surface area contributed by atoms with Crippen LogP contribution in [-0.2, 0) is 23.9 Å². The third-order valence-corrected chi connectivity index (χ3v) is 2.70. The summed E-state index contributed by atoms with van der Waals surface area (Å²) in [7, 11) is 0. The van der Waals surface area contributed by atoms with Gasteiger partial charge >= 0.3 is 11.9 Å². The molecule has 3 atom stereocenters. The van der Waals surface area contributed by atoms with E-state index in [0.29, 0.717) is 12.7 Å². The van der Waals surface area contributed by atoms with Crippen LogP contribution < -0.4 is 0 Å². The predicted molar refractivity (Wildman–Crippen MR) is 56.0 cm³/mol. The van der Waals surface area contributed by atoms with Gasteiger partial charge in [0.15, 0.2) is 6.29 Å². The van der Waals surface area contributed by atoms with Crippen LogP contribution in [0.5, 0.6) is 0 Å². The molecule has 0 amide bonds. The lowest BCUT2D eigenvalue weighted by Gasteiger charge is -2.39. The Hall–Kier alpha value is -1.43. The highest BCUT2D eigenvalue weighted by Gasteiger charge is 2.49. The summed E-state index contributed by atoms with van der Waals surface area (Å²) in [5.41, 5.74) is -1.56. The van der Waals surface area contributed by atoms with Gasteiger partial charge in [0.25, 0.3) is 0 Å². The second-order valence-corrected chi connectivity index (χ2v) is 4.20. The van der Waals surface area contributed by atoms with Crippen molar-refractivity contribution in [3.05, 3.63) is 0 Å². The SMILES string of the molecule is CC(=O)OC1CCC(O)CC1(C=O)OC(C)=O. The summed E-state index contributed by atoms with van der Waals surface area (Å²) in [6, 6.07) is 0. The average molecular weight is 244 g/mol. The third-order valence-electron chi connectivity index (χ3n) is 2.70. The Balaban J connectivity index is 2.93. The van der Waals surface area contributed by atoms with E-state index in [1.807, 2.05) is 0 Å². The molecule has 0 aromatic heterocycles. The molecule has 1 aliphatic carbocycles. The zero-order valence-corrected chi connectivity index (χ0v) is 9.84. The van der Waals surface area contributed by atoms with E-state index in [0.717, 1.165) is 6.92 Å². The summed E-state index contributed by atoms with van der Waals surface area (Å²) in [6.07, 6.45) is -0.504. The van der Waals surface area contributed by atoms with Crippen LogP contribution in [0.3, 0.4) is 0 Å². The first kappa shape index (κ1) is 13.6. The zero-order chi connectivity index (χ0) is 13.1. The van der Waals surface area contributed by atoms with Crippen LogP contribution in [0, 0.1) is 0 Å². The first-order valence-corrected chi connectivity index (χ1v) is 5.41. The van der Waals surface area contributed by atoms with Crippen molar-refractivity contribution in [2.75, 3.05) is 0 Å². The van der Waals surface area contributed by atoms with Gasteiger partial charge in [-0.3, -0.25) is 14.4 Å². The van der Waals surface area contributed by atoms with Gasteiger partial charge in [0.2, 0.25) is 5.60 Å². The van der Waals surface area contributed by atoms with Crippen LogP contribution in [0.4, 0.5) is 0 Å². The lowest BCUT2D eigenvalue weighted by Crippen LogP contribution is -2.54. The number of carbonyl (C=O) groups excluding carboxylic acids is 3. The first-order valence-electron chi connectivity index (χ1n) is 5.41. The molecule has 17 heavy (non-hydrogen) atoms. The van der Waals surface area contributed by atoms with Crippen LogP contribution in [0.15, 0.2) is 0 Å². The number of hydrogen-bond donors (Lipinski definition) is 1. The van der Waals surface area contributed by atoms with Crippen LogP contribution in [0.2, 0.25) is 0 Å². The normalized spacial score (nSPS) is 32.6. The van der Waals surface area contributed by atoms with Gasteiger partial charge in [-0.05, 0) is 12.8 Å². The Labute approximate surface area is 98.9 Å². The minimum absolute atomic E-state index is 0.0476. The first-order chi connectivity index (χ1) is 7.89. The van der Waals surface area contributed by atoms with E-state index in [1.54, 1.807) is 0 Å². The van der Waals surface area contributed by atoms with E-state index >= 15 is 0 Å². The second kappa shape index (κ2) is 5.27. The van der Waals surface area contributed by atoms with E-state index in [9.17, 15) is 19.5 Å². The lowest BCUT2D eigenvalue weighted by atomic mass is 9.81. The molecule has 6 heteroatoms. The maximum Gasteiger partial charge on any atom is 0.303 e. The van der Waals surface area contributed by atoms with Gasteiger partial charge in [-0.15, -0.1) is 0 Å². The number of carbonyl (C=O) groups is 3. The summed E-state index contributed by atoms with van der Waals surface area (Å²) in [4.78, 5) is 33.1. The molecule has 6 nitrogen and oxygen atoms in total. The van der Waals surface area contributed by atoms with Gasteiger partial charge in [-0.25, -0.2) is 0 Å². The molecule has 3 unspecified atom stereocenters. The van der Waals surface area contributed by atoms with Crippen molar-refractivity contribution in [1.82, 2.24) is 0 Å². The van der Waals surface area contributed by atoms with Crippen molar-refractivity contribution >= 4 is 18.2 Å². The molecule has 96 valence electrons. The summed E-state index contributed by atoms with van der Waals surface area (Å²) < 4.78 is 9.96. The summed E-state index contributed by atoms with van der Waals surface area (Å²) in [6.45, 7) is 2.38. The van der Waals surface area contributed by atoms with Crippen molar-refractivity contribution in [3.8, 4) is 0 Å². The summed E-state index contributed by atoms with van der Waals surface area (Å²) >= 11 is 0. The minimum Gasteiger partial charge on any atom is -0.458 e. The van der Waals surface area contributed by atoms with E-state index in [-0.39, 0.29) is 12.8 Å². The lowest BCUT2D eigenvalue weighted by molar-refractivity contribution is -0.195. The highest BCUT2D eigenvalue weighted by Crippen LogP contribution is 2.33.